The van der Waals surface area contributed by atoms with Crippen LogP contribution in [0.15, 0.2) is 64.5 Å². The number of halogens is 1. The lowest BCUT2D eigenvalue weighted by molar-refractivity contribution is -0.118. The van der Waals surface area contributed by atoms with E-state index in [9.17, 15) is 9.59 Å². The number of benzene rings is 2. The summed E-state index contributed by atoms with van der Waals surface area (Å²) in [6.07, 6.45) is 4.18. The second-order valence-electron chi connectivity index (χ2n) is 8.20. The highest BCUT2D eigenvalue weighted by atomic mass is 35.5. The molecule has 0 bridgehead atoms. The van der Waals surface area contributed by atoms with Crippen LogP contribution in [0.25, 0.3) is 15.9 Å². The standard InChI is InChI=1S/C26H24ClN3O3S2/c27-17-10-12-19(13-11-17)33-15-14-28-22(31)16-34-26-29-24-23(20-8-4-5-9-21(20)35-24)25(32)30(26)18-6-2-1-3-7-18/h1-3,6-7,10-13H,4-5,8-9,14-16H2,(H,28,31). The van der Waals surface area contributed by atoms with Crippen molar-refractivity contribution >= 4 is 50.8 Å². The lowest BCUT2D eigenvalue weighted by Gasteiger charge is -2.13. The van der Waals surface area contributed by atoms with Crippen molar-refractivity contribution in [1.82, 2.24) is 14.9 Å². The van der Waals surface area contributed by atoms with E-state index in [1.807, 2.05) is 30.3 Å². The molecule has 0 spiro atoms. The van der Waals surface area contributed by atoms with Crippen LogP contribution >= 0.6 is 34.7 Å². The van der Waals surface area contributed by atoms with Gasteiger partial charge in [0.05, 0.1) is 23.4 Å². The van der Waals surface area contributed by atoms with Crippen LogP contribution in [0.2, 0.25) is 5.02 Å². The molecule has 2 heterocycles. The number of ether oxygens (including phenoxy) is 1. The zero-order valence-electron chi connectivity index (χ0n) is 19.0. The SMILES string of the molecule is O=C(CSc1nc2sc3c(c2c(=O)n1-c1ccccc1)CCCC3)NCCOc1ccc(Cl)cc1. The van der Waals surface area contributed by atoms with Crippen molar-refractivity contribution in [2.45, 2.75) is 30.8 Å². The molecule has 9 heteroatoms. The molecule has 180 valence electrons. The van der Waals surface area contributed by atoms with Crippen LogP contribution < -0.4 is 15.6 Å². The van der Waals surface area contributed by atoms with E-state index in [0.717, 1.165) is 47.2 Å². The van der Waals surface area contributed by atoms with Crippen molar-refractivity contribution < 1.29 is 9.53 Å². The molecule has 1 amide bonds. The van der Waals surface area contributed by atoms with Crippen molar-refractivity contribution in [1.29, 1.82) is 0 Å². The topological polar surface area (TPSA) is 73.2 Å². The van der Waals surface area contributed by atoms with E-state index in [1.165, 1.54) is 16.6 Å². The minimum Gasteiger partial charge on any atom is -0.492 e. The molecule has 0 radical (unpaired) electrons. The Morgan fingerprint density at radius 2 is 1.89 bits per heavy atom. The van der Waals surface area contributed by atoms with Gasteiger partial charge in [-0.1, -0.05) is 41.6 Å². The number of para-hydroxylation sites is 1. The van der Waals surface area contributed by atoms with Gasteiger partial charge in [-0.3, -0.25) is 14.2 Å². The fraction of sp³-hybridized carbons (Fsp3) is 0.269. The molecule has 35 heavy (non-hydrogen) atoms. The molecular formula is C26H24ClN3O3S2. The molecule has 2 aromatic heterocycles. The monoisotopic (exact) mass is 525 g/mol. The summed E-state index contributed by atoms with van der Waals surface area (Å²) in [7, 11) is 0. The van der Waals surface area contributed by atoms with E-state index in [4.69, 9.17) is 21.3 Å². The Morgan fingerprint density at radius 1 is 1.11 bits per heavy atom. The minimum absolute atomic E-state index is 0.0557. The number of fused-ring (bicyclic) bond motifs is 3. The van der Waals surface area contributed by atoms with Gasteiger partial charge < -0.3 is 10.1 Å². The Labute approximate surface area is 216 Å². The molecule has 1 aliphatic rings. The van der Waals surface area contributed by atoms with Crippen LogP contribution in [0, 0.1) is 0 Å². The van der Waals surface area contributed by atoms with Gasteiger partial charge in [0.2, 0.25) is 5.91 Å². The van der Waals surface area contributed by atoms with Crippen LogP contribution in [0.1, 0.15) is 23.3 Å². The summed E-state index contributed by atoms with van der Waals surface area (Å²) in [5.41, 5.74) is 1.86. The van der Waals surface area contributed by atoms with Crippen LogP contribution in [-0.4, -0.2) is 34.4 Å². The van der Waals surface area contributed by atoms with Gasteiger partial charge in [-0.2, -0.15) is 0 Å². The summed E-state index contributed by atoms with van der Waals surface area (Å²) >= 11 is 8.77. The van der Waals surface area contributed by atoms with E-state index in [2.05, 4.69) is 5.32 Å². The summed E-state index contributed by atoms with van der Waals surface area (Å²) in [4.78, 5) is 33.1. The molecule has 0 aliphatic heterocycles. The normalized spacial score (nSPS) is 12.9. The lowest BCUT2D eigenvalue weighted by atomic mass is 9.97. The maximum Gasteiger partial charge on any atom is 0.267 e. The first-order valence-corrected chi connectivity index (χ1v) is 13.7. The molecule has 0 fully saturated rings. The molecule has 4 aromatic rings. The fourth-order valence-corrected chi connectivity index (χ4v) is 6.43. The number of thioether (sulfide) groups is 1. The van der Waals surface area contributed by atoms with Crippen molar-refractivity contribution in [2.75, 3.05) is 18.9 Å². The highest BCUT2D eigenvalue weighted by molar-refractivity contribution is 7.99. The van der Waals surface area contributed by atoms with Crippen molar-refractivity contribution in [3.63, 3.8) is 0 Å². The summed E-state index contributed by atoms with van der Waals surface area (Å²) in [5.74, 6) is 0.701. The zero-order valence-corrected chi connectivity index (χ0v) is 21.3. The average molecular weight is 526 g/mol. The van der Waals surface area contributed by atoms with Crippen molar-refractivity contribution in [2.24, 2.45) is 0 Å². The Balaban J connectivity index is 1.31. The van der Waals surface area contributed by atoms with E-state index in [1.54, 1.807) is 40.2 Å². The van der Waals surface area contributed by atoms with Gasteiger partial charge in [0.15, 0.2) is 5.16 Å². The number of carbonyl (C=O) groups excluding carboxylic acids is 1. The molecule has 6 nitrogen and oxygen atoms in total. The highest BCUT2D eigenvalue weighted by Gasteiger charge is 2.23. The molecule has 1 aliphatic carbocycles. The van der Waals surface area contributed by atoms with Crippen LogP contribution in [0.3, 0.4) is 0 Å². The molecule has 0 unspecified atom stereocenters. The predicted molar refractivity (Wildman–Crippen MR) is 143 cm³/mol. The third-order valence-electron chi connectivity index (χ3n) is 5.81. The number of aryl methyl sites for hydroxylation is 2. The van der Waals surface area contributed by atoms with Gasteiger partial charge in [-0.15, -0.1) is 11.3 Å². The fourth-order valence-electron chi connectivity index (χ4n) is 4.16. The highest BCUT2D eigenvalue weighted by Crippen LogP contribution is 2.35. The molecule has 5 rings (SSSR count). The summed E-state index contributed by atoms with van der Waals surface area (Å²) in [6, 6.07) is 16.6. The van der Waals surface area contributed by atoms with Crippen LogP contribution in [-0.2, 0) is 17.6 Å². The van der Waals surface area contributed by atoms with Crippen LogP contribution in [0.4, 0.5) is 0 Å². The van der Waals surface area contributed by atoms with Gasteiger partial charge in [0, 0.05) is 9.90 Å². The van der Waals surface area contributed by atoms with E-state index < -0.39 is 0 Å². The summed E-state index contributed by atoms with van der Waals surface area (Å²) in [5, 5.41) is 4.77. The molecule has 0 saturated heterocycles. The molecular weight excluding hydrogens is 502 g/mol. The molecule has 0 atom stereocenters. The number of rotatable bonds is 8. The second-order valence-corrected chi connectivity index (χ2v) is 10.7. The predicted octanol–water partition coefficient (Wildman–Crippen LogP) is 5.27. The maximum atomic E-state index is 13.7. The average Bonchev–Trinajstić information content (AvgIpc) is 3.26. The molecule has 1 N–H and O–H groups in total. The first-order chi connectivity index (χ1) is 17.1. The number of hydrogen-bond donors (Lipinski definition) is 1. The molecule has 2 aromatic carbocycles. The third-order valence-corrected chi connectivity index (χ3v) is 8.19. The zero-order chi connectivity index (χ0) is 24.2. The Morgan fingerprint density at radius 3 is 2.69 bits per heavy atom. The summed E-state index contributed by atoms with van der Waals surface area (Å²) in [6.45, 7) is 0.718. The maximum absolute atomic E-state index is 13.7. The van der Waals surface area contributed by atoms with Gasteiger partial charge >= 0.3 is 0 Å². The number of carbonyl (C=O) groups is 1. The smallest absolute Gasteiger partial charge is 0.267 e. The largest absolute Gasteiger partial charge is 0.492 e. The van der Waals surface area contributed by atoms with Crippen molar-refractivity contribution in [3.05, 3.63) is 80.4 Å². The Bertz CT molecular complexity index is 1400. The minimum atomic E-state index is -0.144. The Hall–Kier alpha value is -2.81. The number of nitrogens with zero attached hydrogens (tertiary/aromatic N) is 2. The van der Waals surface area contributed by atoms with Gasteiger partial charge in [0.25, 0.3) is 5.56 Å². The quantitative estimate of drug-likeness (QED) is 0.193. The number of thiophene rings is 1. The number of aromatic nitrogens is 2. The second kappa shape index (κ2) is 10.8. The van der Waals surface area contributed by atoms with Crippen LogP contribution in [0.5, 0.6) is 5.75 Å². The third kappa shape index (κ3) is 5.39. The van der Waals surface area contributed by atoms with Gasteiger partial charge in [-0.25, -0.2) is 4.98 Å². The summed E-state index contributed by atoms with van der Waals surface area (Å²) < 4.78 is 7.26. The van der Waals surface area contributed by atoms with E-state index >= 15 is 0 Å². The first-order valence-electron chi connectivity index (χ1n) is 11.5. The first kappa shape index (κ1) is 23.9. The van der Waals surface area contributed by atoms with Gasteiger partial charge in [-0.05, 0) is 67.6 Å². The van der Waals surface area contributed by atoms with Gasteiger partial charge in [0.1, 0.15) is 17.2 Å². The van der Waals surface area contributed by atoms with Crippen molar-refractivity contribution in [3.8, 4) is 11.4 Å². The number of nitrogens with one attached hydrogen (secondary N) is 1. The molecule has 0 saturated carbocycles. The Kier molecular flexibility index (Phi) is 7.41. The van der Waals surface area contributed by atoms with E-state index in [-0.39, 0.29) is 17.2 Å². The lowest BCUT2D eigenvalue weighted by Crippen LogP contribution is -2.30. The number of hydrogen-bond acceptors (Lipinski definition) is 6. The van der Waals surface area contributed by atoms with E-state index in [0.29, 0.717) is 29.1 Å². The number of amides is 1.